The minimum Gasteiger partial charge on any atom is -0.306 e. The lowest BCUT2D eigenvalue weighted by Crippen LogP contribution is -1.93. The molecule has 0 atom stereocenters. The van der Waals surface area contributed by atoms with E-state index in [4.69, 9.17) is 15.0 Å². The molecule has 11 aromatic rings. The van der Waals surface area contributed by atoms with Gasteiger partial charge in [0.15, 0.2) is 0 Å². The molecule has 11 rings (SSSR count). The predicted octanol–water partition coefficient (Wildman–Crippen LogP) is 12.0. The molecule has 0 bridgehead atoms. The first-order valence-corrected chi connectivity index (χ1v) is 17.8. The summed E-state index contributed by atoms with van der Waals surface area (Å²) in [4.78, 5) is 19.8. The van der Waals surface area contributed by atoms with Crippen LogP contribution in [0.2, 0.25) is 0 Å². The smallest absolute Gasteiger partial charge is 0.146 e. The standard InChI is InChI=1S/C48H29N5/c1-2-9-31(10-3-1)43-29-53-28-25-41-44(48(53)52-43)40-14-6-7-15-42(40)51-45(41)33-18-16-30(17-19-33)34-22-23-37(36-13-5-4-12-35(34)36)38-24-27-50-47-39(38)21-20-32-11-8-26-49-46(32)47/h1-29H. The molecule has 5 heteroatoms. The Balaban J connectivity index is 1.04. The Labute approximate surface area is 304 Å². The molecule has 0 unspecified atom stereocenters. The van der Waals surface area contributed by atoms with Gasteiger partial charge in [-0.2, -0.15) is 0 Å². The first kappa shape index (κ1) is 29.5. The summed E-state index contributed by atoms with van der Waals surface area (Å²) in [6.45, 7) is 0. The van der Waals surface area contributed by atoms with Crippen molar-refractivity contribution in [3.05, 3.63) is 176 Å². The van der Waals surface area contributed by atoms with Crippen molar-refractivity contribution in [1.29, 1.82) is 0 Å². The number of hydrogen-bond acceptors (Lipinski definition) is 4. The molecule has 0 spiro atoms. The van der Waals surface area contributed by atoms with Crippen molar-refractivity contribution < 1.29 is 0 Å². The van der Waals surface area contributed by atoms with Crippen LogP contribution in [0.25, 0.3) is 105 Å². The lowest BCUT2D eigenvalue weighted by Gasteiger charge is -2.15. The van der Waals surface area contributed by atoms with Crippen LogP contribution in [0.5, 0.6) is 0 Å². The van der Waals surface area contributed by atoms with Crippen molar-refractivity contribution in [2.75, 3.05) is 0 Å². The molecule has 0 N–H and O–H groups in total. The number of benzene rings is 6. The summed E-state index contributed by atoms with van der Waals surface area (Å²) in [5.74, 6) is 0. The van der Waals surface area contributed by atoms with Crippen LogP contribution >= 0.6 is 0 Å². The van der Waals surface area contributed by atoms with Crippen LogP contribution in [0.1, 0.15) is 0 Å². The van der Waals surface area contributed by atoms with E-state index >= 15 is 0 Å². The minimum absolute atomic E-state index is 0.921. The molecule has 5 nitrogen and oxygen atoms in total. The largest absolute Gasteiger partial charge is 0.306 e. The van der Waals surface area contributed by atoms with Crippen molar-refractivity contribution in [2.45, 2.75) is 0 Å². The molecule has 0 radical (unpaired) electrons. The van der Waals surface area contributed by atoms with Crippen LogP contribution in [0.15, 0.2) is 176 Å². The van der Waals surface area contributed by atoms with Crippen LogP contribution in [-0.2, 0) is 0 Å². The molecule has 0 saturated heterocycles. The molecule has 0 aliphatic heterocycles. The van der Waals surface area contributed by atoms with Gasteiger partial charge in [0.1, 0.15) is 5.65 Å². The first-order valence-electron chi connectivity index (χ1n) is 17.8. The van der Waals surface area contributed by atoms with E-state index in [-0.39, 0.29) is 0 Å². The Morgan fingerprint density at radius 2 is 1.13 bits per heavy atom. The van der Waals surface area contributed by atoms with Crippen LogP contribution in [-0.4, -0.2) is 24.3 Å². The van der Waals surface area contributed by atoms with Gasteiger partial charge in [0.25, 0.3) is 0 Å². The number of pyridine rings is 4. The quantitative estimate of drug-likeness (QED) is 0.174. The van der Waals surface area contributed by atoms with Gasteiger partial charge >= 0.3 is 0 Å². The SMILES string of the molecule is c1ccc(-c2cn3ccc4c(-c5ccc(-c6ccc(-c7ccnc8c7ccc7cccnc78)c7ccccc67)cc5)nc5ccccc5c4c3n2)cc1. The minimum atomic E-state index is 0.921. The molecule has 246 valence electrons. The zero-order valence-electron chi connectivity index (χ0n) is 28.5. The first-order chi connectivity index (χ1) is 26.3. The average molecular weight is 676 g/mol. The van der Waals surface area contributed by atoms with Crippen molar-refractivity contribution in [1.82, 2.24) is 24.3 Å². The fraction of sp³-hybridized carbons (Fsp3) is 0. The van der Waals surface area contributed by atoms with Gasteiger partial charge in [0, 0.05) is 62.8 Å². The van der Waals surface area contributed by atoms with Gasteiger partial charge in [0.05, 0.1) is 27.9 Å². The van der Waals surface area contributed by atoms with Gasteiger partial charge in [-0.3, -0.25) is 9.97 Å². The van der Waals surface area contributed by atoms with Gasteiger partial charge in [-0.15, -0.1) is 0 Å². The fourth-order valence-corrected chi connectivity index (χ4v) is 8.03. The van der Waals surface area contributed by atoms with E-state index in [9.17, 15) is 0 Å². The number of aromatic nitrogens is 5. The van der Waals surface area contributed by atoms with Gasteiger partial charge in [-0.25, -0.2) is 9.97 Å². The third-order valence-electron chi connectivity index (χ3n) is 10.5. The second-order valence-corrected chi connectivity index (χ2v) is 13.5. The maximum atomic E-state index is 5.24. The van der Waals surface area contributed by atoms with Crippen molar-refractivity contribution in [3.8, 4) is 44.8 Å². The molecule has 5 heterocycles. The maximum absolute atomic E-state index is 5.24. The number of fused-ring (bicyclic) bond motifs is 9. The maximum Gasteiger partial charge on any atom is 0.146 e. The number of imidazole rings is 1. The van der Waals surface area contributed by atoms with Crippen molar-refractivity contribution in [2.24, 2.45) is 0 Å². The van der Waals surface area contributed by atoms with E-state index in [0.29, 0.717) is 0 Å². The van der Waals surface area contributed by atoms with E-state index in [2.05, 4.69) is 161 Å². The summed E-state index contributed by atoms with van der Waals surface area (Å²) in [6, 6.07) is 53.4. The highest BCUT2D eigenvalue weighted by atomic mass is 15.0. The Morgan fingerprint density at radius 3 is 2.00 bits per heavy atom. The summed E-state index contributed by atoms with van der Waals surface area (Å²) in [7, 11) is 0. The molecular weight excluding hydrogens is 647 g/mol. The van der Waals surface area contributed by atoms with Crippen molar-refractivity contribution >= 4 is 59.9 Å². The normalized spacial score (nSPS) is 11.8. The number of nitrogens with zero attached hydrogens (tertiary/aromatic N) is 5. The molecule has 6 aromatic carbocycles. The Morgan fingerprint density at radius 1 is 0.415 bits per heavy atom. The summed E-state index contributed by atoms with van der Waals surface area (Å²) in [6.07, 6.45) is 7.95. The Bertz CT molecular complexity index is 3220. The lowest BCUT2D eigenvalue weighted by atomic mass is 9.90. The van der Waals surface area contributed by atoms with Crippen LogP contribution in [0.4, 0.5) is 0 Å². The van der Waals surface area contributed by atoms with Crippen molar-refractivity contribution in [3.63, 3.8) is 0 Å². The van der Waals surface area contributed by atoms with E-state index in [0.717, 1.165) is 82.8 Å². The van der Waals surface area contributed by atoms with Crippen LogP contribution in [0, 0.1) is 0 Å². The molecule has 0 fully saturated rings. The van der Waals surface area contributed by atoms with E-state index < -0.39 is 0 Å². The summed E-state index contributed by atoms with van der Waals surface area (Å²) in [5, 5.41) is 7.86. The summed E-state index contributed by atoms with van der Waals surface area (Å²) in [5.41, 5.74) is 12.4. The van der Waals surface area contributed by atoms with Gasteiger partial charge < -0.3 is 4.40 Å². The second kappa shape index (κ2) is 11.7. The molecule has 0 aliphatic rings. The fourth-order valence-electron chi connectivity index (χ4n) is 8.03. The summed E-state index contributed by atoms with van der Waals surface area (Å²) >= 11 is 0. The Kier molecular flexibility index (Phi) is 6.48. The third-order valence-corrected chi connectivity index (χ3v) is 10.5. The highest BCUT2D eigenvalue weighted by molar-refractivity contribution is 6.17. The summed E-state index contributed by atoms with van der Waals surface area (Å²) < 4.78 is 2.13. The van der Waals surface area contributed by atoms with E-state index in [1.165, 1.54) is 21.9 Å². The number of rotatable bonds is 4. The molecule has 5 aromatic heterocycles. The van der Waals surface area contributed by atoms with Gasteiger partial charge in [-0.05, 0) is 57.3 Å². The lowest BCUT2D eigenvalue weighted by molar-refractivity contribution is 1.20. The molecule has 0 amide bonds. The van der Waals surface area contributed by atoms with E-state index in [1.54, 1.807) is 0 Å². The number of para-hydroxylation sites is 1. The van der Waals surface area contributed by atoms with Crippen LogP contribution < -0.4 is 0 Å². The molecule has 53 heavy (non-hydrogen) atoms. The topological polar surface area (TPSA) is 56.0 Å². The zero-order valence-corrected chi connectivity index (χ0v) is 28.5. The highest BCUT2D eigenvalue weighted by Crippen LogP contribution is 2.40. The average Bonchev–Trinajstić information content (AvgIpc) is 3.68. The third kappa shape index (κ3) is 4.64. The second-order valence-electron chi connectivity index (χ2n) is 13.5. The number of hydrogen-bond donors (Lipinski definition) is 0. The van der Waals surface area contributed by atoms with Crippen LogP contribution in [0.3, 0.4) is 0 Å². The predicted molar refractivity (Wildman–Crippen MR) is 218 cm³/mol. The van der Waals surface area contributed by atoms with Gasteiger partial charge in [0.2, 0.25) is 0 Å². The highest BCUT2D eigenvalue weighted by Gasteiger charge is 2.17. The molecule has 0 saturated carbocycles. The Hall–Kier alpha value is -7.24. The van der Waals surface area contributed by atoms with Gasteiger partial charge in [-0.1, -0.05) is 127 Å². The monoisotopic (exact) mass is 675 g/mol. The molecular formula is C48H29N5. The van der Waals surface area contributed by atoms with E-state index in [1.807, 2.05) is 24.5 Å². The molecule has 0 aliphatic carbocycles. The zero-order chi connectivity index (χ0) is 34.9.